The van der Waals surface area contributed by atoms with Crippen LogP contribution in [0, 0.1) is 6.92 Å². The lowest BCUT2D eigenvalue weighted by atomic mass is 10.1. The molecule has 0 spiro atoms. The van der Waals surface area contributed by atoms with Crippen LogP contribution in [0.15, 0.2) is 34.7 Å². The number of halogens is 2. The van der Waals surface area contributed by atoms with Gasteiger partial charge >= 0.3 is 0 Å². The second-order valence-corrected chi connectivity index (χ2v) is 4.88. The highest BCUT2D eigenvalue weighted by Crippen LogP contribution is 2.24. The molecule has 1 heterocycles. The van der Waals surface area contributed by atoms with Crippen LogP contribution in [0.3, 0.4) is 0 Å². The maximum absolute atomic E-state index is 11.6. The van der Waals surface area contributed by atoms with Gasteiger partial charge in [0.1, 0.15) is 0 Å². The van der Waals surface area contributed by atoms with Crippen molar-refractivity contribution in [2.24, 2.45) is 5.73 Å². The van der Waals surface area contributed by atoms with Crippen LogP contribution >= 0.6 is 24.8 Å². The molecule has 1 aromatic heterocycles. The highest BCUT2D eigenvalue weighted by molar-refractivity contribution is 5.85. The Hall–Kier alpha value is -1.56. The van der Waals surface area contributed by atoms with E-state index in [0.717, 1.165) is 23.4 Å². The normalized spacial score (nSPS) is 9.65. The van der Waals surface area contributed by atoms with E-state index in [4.69, 9.17) is 10.2 Å². The van der Waals surface area contributed by atoms with E-state index in [1.165, 1.54) is 0 Å². The van der Waals surface area contributed by atoms with Crippen LogP contribution in [-0.4, -0.2) is 24.0 Å². The van der Waals surface area contributed by atoms with E-state index in [-0.39, 0.29) is 30.7 Å². The Labute approximate surface area is 148 Å². The molecule has 128 valence electrons. The Bertz CT molecular complexity index is 588. The van der Waals surface area contributed by atoms with Crippen molar-refractivity contribution in [1.82, 2.24) is 10.3 Å². The van der Waals surface area contributed by atoms with Gasteiger partial charge in [-0.1, -0.05) is 30.3 Å². The molecular formula is C16H23Cl2N3O2. The highest BCUT2D eigenvalue weighted by Gasteiger charge is 2.12. The minimum atomic E-state index is 0. The van der Waals surface area contributed by atoms with Gasteiger partial charge in [-0.25, -0.2) is 4.98 Å². The maximum atomic E-state index is 11.6. The third-order valence-electron chi connectivity index (χ3n) is 3.15. The van der Waals surface area contributed by atoms with E-state index in [1.54, 1.807) is 0 Å². The predicted molar refractivity (Wildman–Crippen MR) is 96.2 cm³/mol. The largest absolute Gasteiger partial charge is 0.440 e. The number of hydrogen-bond acceptors (Lipinski definition) is 4. The summed E-state index contributed by atoms with van der Waals surface area (Å²) >= 11 is 0. The fourth-order valence-electron chi connectivity index (χ4n) is 2.06. The maximum Gasteiger partial charge on any atom is 0.220 e. The molecule has 1 amide bonds. The molecule has 0 bridgehead atoms. The first-order valence-corrected chi connectivity index (χ1v) is 7.19. The molecule has 0 aliphatic heterocycles. The van der Waals surface area contributed by atoms with Crippen molar-refractivity contribution in [1.29, 1.82) is 0 Å². The zero-order valence-corrected chi connectivity index (χ0v) is 14.7. The molecule has 5 nitrogen and oxygen atoms in total. The van der Waals surface area contributed by atoms with Gasteiger partial charge in [-0.2, -0.15) is 0 Å². The van der Waals surface area contributed by atoms with Gasteiger partial charge in [-0.05, 0) is 19.9 Å². The molecule has 23 heavy (non-hydrogen) atoms. The number of nitrogens with two attached hydrogens (primary N) is 1. The number of hydrogen-bond donors (Lipinski definition) is 2. The highest BCUT2D eigenvalue weighted by atomic mass is 35.5. The van der Waals surface area contributed by atoms with Crippen LogP contribution in [0.4, 0.5) is 0 Å². The van der Waals surface area contributed by atoms with Gasteiger partial charge in [0, 0.05) is 24.9 Å². The lowest BCUT2D eigenvalue weighted by Crippen LogP contribution is -2.26. The molecule has 0 atom stereocenters. The average molecular weight is 360 g/mol. The lowest BCUT2D eigenvalue weighted by Gasteiger charge is -2.02. The number of oxazole rings is 1. The molecule has 2 aromatic rings. The summed E-state index contributed by atoms with van der Waals surface area (Å²) in [6.07, 6.45) is 1.67. The van der Waals surface area contributed by atoms with Crippen molar-refractivity contribution in [3.05, 3.63) is 41.9 Å². The number of nitrogens with one attached hydrogen (secondary N) is 1. The average Bonchev–Trinajstić information content (AvgIpc) is 2.87. The number of carbonyl (C=O) groups is 1. The van der Waals surface area contributed by atoms with Gasteiger partial charge in [-0.15, -0.1) is 24.8 Å². The van der Waals surface area contributed by atoms with Crippen LogP contribution in [0.2, 0.25) is 0 Å². The lowest BCUT2D eigenvalue weighted by molar-refractivity contribution is -0.121. The number of aryl methyl sites for hydroxylation is 2. The van der Waals surface area contributed by atoms with Gasteiger partial charge in [0.2, 0.25) is 5.91 Å². The molecule has 7 heteroatoms. The zero-order chi connectivity index (χ0) is 15.1. The molecule has 0 aliphatic carbocycles. The van der Waals surface area contributed by atoms with Crippen LogP contribution in [-0.2, 0) is 11.2 Å². The van der Waals surface area contributed by atoms with Crippen LogP contribution in [0.25, 0.3) is 11.3 Å². The number of aromatic nitrogens is 1. The summed E-state index contributed by atoms with van der Waals surface area (Å²) in [5.41, 5.74) is 7.23. The summed E-state index contributed by atoms with van der Waals surface area (Å²) in [4.78, 5) is 16.0. The van der Waals surface area contributed by atoms with Crippen molar-refractivity contribution >= 4 is 30.7 Å². The number of amides is 1. The standard InChI is InChI=1S/C16H21N3O2.2ClH/c1-12-16(13-6-3-2-4-7-13)21-15(19-12)9-8-14(20)18-11-5-10-17;;/h2-4,6-7H,5,8-11,17H2,1H3,(H,18,20);2*1H. The Morgan fingerprint density at radius 2 is 1.96 bits per heavy atom. The Morgan fingerprint density at radius 3 is 2.61 bits per heavy atom. The minimum Gasteiger partial charge on any atom is -0.440 e. The van der Waals surface area contributed by atoms with Crippen molar-refractivity contribution in [2.75, 3.05) is 13.1 Å². The summed E-state index contributed by atoms with van der Waals surface area (Å²) in [5.74, 6) is 1.37. The third-order valence-corrected chi connectivity index (χ3v) is 3.15. The molecule has 3 N–H and O–H groups in total. The Balaban J connectivity index is 0.00000242. The second-order valence-electron chi connectivity index (χ2n) is 4.88. The second kappa shape index (κ2) is 11.0. The molecule has 0 radical (unpaired) electrons. The predicted octanol–water partition coefficient (Wildman–Crippen LogP) is 2.89. The van der Waals surface area contributed by atoms with E-state index >= 15 is 0 Å². The van der Waals surface area contributed by atoms with E-state index in [1.807, 2.05) is 37.3 Å². The Kier molecular flexibility index (Phi) is 10.3. The van der Waals surface area contributed by atoms with Gasteiger partial charge in [0.15, 0.2) is 11.7 Å². The summed E-state index contributed by atoms with van der Waals surface area (Å²) in [6.45, 7) is 3.12. The van der Waals surface area contributed by atoms with Gasteiger partial charge in [0.25, 0.3) is 0 Å². The molecule has 1 aromatic carbocycles. The van der Waals surface area contributed by atoms with Crippen molar-refractivity contribution < 1.29 is 9.21 Å². The smallest absolute Gasteiger partial charge is 0.220 e. The van der Waals surface area contributed by atoms with Crippen molar-refractivity contribution in [2.45, 2.75) is 26.2 Å². The van der Waals surface area contributed by atoms with Crippen LogP contribution < -0.4 is 11.1 Å². The molecule has 2 rings (SSSR count). The number of carbonyl (C=O) groups excluding carboxylic acids is 1. The van der Waals surface area contributed by atoms with Crippen molar-refractivity contribution in [3.8, 4) is 11.3 Å². The Morgan fingerprint density at radius 1 is 1.26 bits per heavy atom. The summed E-state index contributed by atoms with van der Waals surface area (Å²) in [5, 5.41) is 2.82. The number of nitrogens with zero attached hydrogens (tertiary/aromatic N) is 1. The number of rotatable bonds is 7. The quantitative estimate of drug-likeness (QED) is 0.744. The number of benzene rings is 1. The molecule has 0 saturated heterocycles. The summed E-state index contributed by atoms with van der Waals surface area (Å²) in [7, 11) is 0. The molecule has 0 unspecified atom stereocenters. The zero-order valence-electron chi connectivity index (χ0n) is 13.1. The third kappa shape index (κ3) is 6.60. The van der Waals surface area contributed by atoms with Crippen molar-refractivity contribution in [3.63, 3.8) is 0 Å². The van der Waals surface area contributed by atoms with E-state index < -0.39 is 0 Å². The first kappa shape index (κ1) is 21.4. The topological polar surface area (TPSA) is 81.2 Å². The molecular weight excluding hydrogens is 337 g/mol. The molecule has 0 saturated carbocycles. The first-order chi connectivity index (χ1) is 10.2. The summed E-state index contributed by atoms with van der Waals surface area (Å²) in [6, 6.07) is 9.85. The van der Waals surface area contributed by atoms with Gasteiger partial charge < -0.3 is 15.5 Å². The van der Waals surface area contributed by atoms with Gasteiger partial charge in [-0.3, -0.25) is 4.79 Å². The van der Waals surface area contributed by atoms with E-state index in [0.29, 0.717) is 31.8 Å². The minimum absolute atomic E-state index is 0. The monoisotopic (exact) mass is 359 g/mol. The van der Waals surface area contributed by atoms with Crippen LogP contribution in [0.1, 0.15) is 24.4 Å². The fourth-order valence-corrected chi connectivity index (χ4v) is 2.06. The van der Waals surface area contributed by atoms with Crippen LogP contribution in [0.5, 0.6) is 0 Å². The molecule has 0 fully saturated rings. The molecule has 0 aliphatic rings. The van der Waals surface area contributed by atoms with E-state index in [2.05, 4.69) is 10.3 Å². The fraction of sp³-hybridized carbons (Fsp3) is 0.375. The first-order valence-electron chi connectivity index (χ1n) is 7.19. The van der Waals surface area contributed by atoms with E-state index in [9.17, 15) is 4.79 Å². The SMILES string of the molecule is Cc1nc(CCC(=O)NCCCN)oc1-c1ccccc1.Cl.Cl. The summed E-state index contributed by atoms with van der Waals surface area (Å²) < 4.78 is 5.77. The van der Waals surface area contributed by atoms with Gasteiger partial charge in [0.05, 0.1) is 5.69 Å².